The zero-order chi connectivity index (χ0) is 18.8. The zero-order valence-corrected chi connectivity index (χ0v) is 14.8. The molecule has 1 aliphatic rings. The fourth-order valence-corrected chi connectivity index (χ4v) is 3.28. The van der Waals surface area contributed by atoms with Gasteiger partial charge in [0.2, 0.25) is 0 Å². The minimum absolute atomic E-state index is 0.171. The van der Waals surface area contributed by atoms with E-state index in [1.807, 2.05) is 60.7 Å². The molecule has 0 saturated carbocycles. The highest BCUT2D eigenvalue weighted by atomic mass is 16.6. The van der Waals surface area contributed by atoms with Gasteiger partial charge in [0.15, 0.2) is 0 Å². The third kappa shape index (κ3) is 3.21. The van der Waals surface area contributed by atoms with Crippen LogP contribution in [0.15, 0.2) is 65.2 Å². The maximum atomic E-state index is 13.3. The first kappa shape index (κ1) is 17.0. The van der Waals surface area contributed by atoms with Crippen molar-refractivity contribution in [2.24, 2.45) is 0 Å². The molecule has 0 spiro atoms. The Morgan fingerprint density at radius 3 is 2.48 bits per heavy atom. The van der Waals surface area contributed by atoms with Crippen LogP contribution in [0.2, 0.25) is 0 Å². The maximum absolute atomic E-state index is 13.3. The first-order chi connectivity index (χ1) is 13.1. The number of ether oxygens (including phenoxy) is 1. The van der Waals surface area contributed by atoms with Crippen LogP contribution >= 0.6 is 0 Å². The first-order valence-electron chi connectivity index (χ1n) is 8.71. The van der Waals surface area contributed by atoms with Crippen LogP contribution in [0.25, 0.3) is 11.3 Å². The van der Waals surface area contributed by atoms with Crippen LogP contribution in [-0.4, -0.2) is 34.7 Å². The molecule has 6 heteroatoms. The number of amides is 2. The number of aryl methyl sites for hydroxylation is 1. The molecule has 1 saturated heterocycles. The molecule has 0 bridgehead atoms. The van der Waals surface area contributed by atoms with Gasteiger partial charge in [-0.15, -0.1) is 0 Å². The van der Waals surface area contributed by atoms with Gasteiger partial charge in [-0.3, -0.25) is 4.79 Å². The maximum Gasteiger partial charge on any atom is 0.417 e. The Hall–Kier alpha value is -3.41. The quantitative estimate of drug-likeness (QED) is 0.705. The van der Waals surface area contributed by atoms with E-state index in [0.29, 0.717) is 17.9 Å². The van der Waals surface area contributed by atoms with Crippen molar-refractivity contribution in [1.82, 2.24) is 10.1 Å². The summed E-state index contributed by atoms with van der Waals surface area (Å²) in [7, 11) is 0. The molecule has 0 N–H and O–H groups in total. The average molecular weight is 362 g/mol. The van der Waals surface area contributed by atoms with Crippen LogP contribution in [0.1, 0.15) is 21.7 Å². The van der Waals surface area contributed by atoms with E-state index in [-0.39, 0.29) is 18.2 Å². The molecule has 3 aromatic rings. The summed E-state index contributed by atoms with van der Waals surface area (Å²) in [6.45, 7) is 1.84. The lowest BCUT2D eigenvalue weighted by atomic mass is 10.0. The van der Waals surface area contributed by atoms with Gasteiger partial charge in [0.25, 0.3) is 5.91 Å². The lowest BCUT2D eigenvalue weighted by Crippen LogP contribution is -2.40. The van der Waals surface area contributed by atoms with E-state index in [1.54, 1.807) is 6.92 Å². The van der Waals surface area contributed by atoms with Crippen LogP contribution < -0.4 is 0 Å². The second kappa shape index (κ2) is 7.07. The molecule has 2 amide bonds. The van der Waals surface area contributed by atoms with E-state index in [2.05, 4.69) is 5.16 Å². The van der Waals surface area contributed by atoms with Gasteiger partial charge in [0.05, 0.1) is 6.04 Å². The summed E-state index contributed by atoms with van der Waals surface area (Å²) in [5.74, 6) is -0.0759. The van der Waals surface area contributed by atoms with Gasteiger partial charge in [-0.2, -0.15) is 0 Å². The summed E-state index contributed by atoms with van der Waals surface area (Å²) in [6, 6.07) is 18.6. The van der Waals surface area contributed by atoms with Crippen molar-refractivity contribution in [2.45, 2.75) is 19.4 Å². The van der Waals surface area contributed by atoms with Gasteiger partial charge in [-0.25, -0.2) is 9.69 Å². The second-order valence-corrected chi connectivity index (χ2v) is 6.42. The lowest BCUT2D eigenvalue weighted by Gasteiger charge is -2.19. The highest BCUT2D eigenvalue weighted by Crippen LogP contribution is 2.29. The van der Waals surface area contributed by atoms with Gasteiger partial charge < -0.3 is 9.26 Å². The van der Waals surface area contributed by atoms with Crippen molar-refractivity contribution in [3.63, 3.8) is 0 Å². The van der Waals surface area contributed by atoms with E-state index < -0.39 is 12.0 Å². The van der Waals surface area contributed by atoms with E-state index in [0.717, 1.165) is 11.1 Å². The highest BCUT2D eigenvalue weighted by Gasteiger charge is 2.40. The summed E-state index contributed by atoms with van der Waals surface area (Å²) in [4.78, 5) is 26.7. The Morgan fingerprint density at radius 1 is 1.11 bits per heavy atom. The number of benzene rings is 2. The average Bonchev–Trinajstić information content (AvgIpc) is 3.25. The molecular weight excluding hydrogens is 344 g/mol. The number of hydrogen-bond donors (Lipinski definition) is 0. The number of carbonyl (C=O) groups is 2. The number of cyclic esters (lactones) is 1. The molecule has 0 aliphatic carbocycles. The lowest BCUT2D eigenvalue weighted by molar-refractivity contribution is 0.0773. The Kier molecular flexibility index (Phi) is 4.46. The van der Waals surface area contributed by atoms with Crippen molar-refractivity contribution in [1.29, 1.82) is 0 Å². The fourth-order valence-electron chi connectivity index (χ4n) is 3.28. The number of nitrogens with zero attached hydrogens (tertiary/aromatic N) is 2. The fraction of sp³-hybridized carbons (Fsp3) is 0.190. The van der Waals surface area contributed by atoms with Gasteiger partial charge in [-0.1, -0.05) is 65.8 Å². The molecule has 1 aromatic heterocycles. The van der Waals surface area contributed by atoms with Crippen LogP contribution in [0.3, 0.4) is 0 Å². The number of carbonyl (C=O) groups excluding carboxylic acids is 2. The number of rotatable bonds is 4. The van der Waals surface area contributed by atoms with Crippen molar-refractivity contribution in [2.75, 3.05) is 6.61 Å². The van der Waals surface area contributed by atoms with Gasteiger partial charge in [0, 0.05) is 5.56 Å². The minimum Gasteiger partial charge on any atom is -0.447 e. The Balaban J connectivity index is 1.67. The predicted molar refractivity (Wildman–Crippen MR) is 98.1 cm³/mol. The van der Waals surface area contributed by atoms with Crippen molar-refractivity contribution >= 4 is 12.0 Å². The first-order valence-corrected chi connectivity index (χ1v) is 8.71. The molecule has 1 fully saturated rings. The van der Waals surface area contributed by atoms with Crippen LogP contribution in [0.4, 0.5) is 4.79 Å². The Labute approximate surface area is 156 Å². The largest absolute Gasteiger partial charge is 0.447 e. The summed E-state index contributed by atoms with van der Waals surface area (Å²) in [5.41, 5.74) is 2.50. The van der Waals surface area contributed by atoms with Crippen molar-refractivity contribution in [3.8, 4) is 11.3 Å². The monoisotopic (exact) mass is 362 g/mol. The Morgan fingerprint density at radius 2 is 1.78 bits per heavy atom. The third-order valence-electron chi connectivity index (χ3n) is 4.62. The molecule has 2 heterocycles. The summed E-state index contributed by atoms with van der Waals surface area (Å²) in [6.07, 6.45) is -0.107. The smallest absolute Gasteiger partial charge is 0.417 e. The van der Waals surface area contributed by atoms with Crippen LogP contribution in [0, 0.1) is 6.92 Å². The number of hydrogen-bond acceptors (Lipinski definition) is 5. The molecule has 2 aromatic carbocycles. The van der Waals surface area contributed by atoms with E-state index in [4.69, 9.17) is 9.26 Å². The molecule has 6 nitrogen and oxygen atoms in total. The van der Waals surface area contributed by atoms with Crippen molar-refractivity contribution < 1.29 is 18.8 Å². The molecule has 1 aliphatic heterocycles. The Bertz CT molecular complexity index is 966. The number of aromatic nitrogens is 1. The summed E-state index contributed by atoms with van der Waals surface area (Å²) < 4.78 is 10.4. The molecule has 0 radical (unpaired) electrons. The zero-order valence-electron chi connectivity index (χ0n) is 14.8. The van der Waals surface area contributed by atoms with E-state index in [9.17, 15) is 9.59 Å². The van der Waals surface area contributed by atoms with Gasteiger partial charge in [-0.05, 0) is 18.9 Å². The van der Waals surface area contributed by atoms with Crippen LogP contribution in [0.5, 0.6) is 0 Å². The number of imide groups is 1. The molecule has 1 atom stereocenters. The molecule has 4 rings (SSSR count). The van der Waals surface area contributed by atoms with Crippen molar-refractivity contribution in [3.05, 3.63) is 77.6 Å². The molecule has 27 heavy (non-hydrogen) atoms. The normalized spacial score (nSPS) is 16.4. The standard InChI is InChI=1S/C21H18N2O4/c1-14-18(19(22-27-14)16-10-6-3-7-11-16)20(24)23-17(13-26-21(23)25)12-15-8-4-2-5-9-15/h2-11,17H,12-13H2,1H3/t17-/m0/s1. The minimum atomic E-state index is -0.638. The predicted octanol–water partition coefficient (Wildman–Crippen LogP) is 3.85. The van der Waals surface area contributed by atoms with E-state index in [1.165, 1.54) is 4.90 Å². The SMILES string of the molecule is Cc1onc(-c2ccccc2)c1C(=O)N1C(=O)OC[C@@H]1Cc1ccccc1. The highest BCUT2D eigenvalue weighted by molar-refractivity contribution is 6.08. The van der Waals surface area contributed by atoms with Gasteiger partial charge >= 0.3 is 6.09 Å². The molecule has 136 valence electrons. The molecule has 0 unspecified atom stereocenters. The van der Waals surface area contributed by atoms with E-state index >= 15 is 0 Å². The topological polar surface area (TPSA) is 72.6 Å². The molecular formula is C21H18N2O4. The second-order valence-electron chi connectivity index (χ2n) is 6.42. The van der Waals surface area contributed by atoms with Crippen LogP contribution in [-0.2, 0) is 11.2 Å². The van der Waals surface area contributed by atoms with Gasteiger partial charge in [0.1, 0.15) is 23.6 Å². The third-order valence-corrected chi connectivity index (χ3v) is 4.62. The summed E-state index contributed by atoms with van der Waals surface area (Å²) >= 11 is 0. The summed E-state index contributed by atoms with van der Waals surface area (Å²) in [5, 5.41) is 4.04.